The van der Waals surface area contributed by atoms with Crippen molar-refractivity contribution in [2.75, 3.05) is 31.5 Å². The van der Waals surface area contributed by atoms with Gasteiger partial charge in [0.1, 0.15) is 0 Å². The van der Waals surface area contributed by atoms with E-state index in [4.69, 9.17) is 11.6 Å². The molecule has 1 N–H and O–H groups in total. The summed E-state index contributed by atoms with van der Waals surface area (Å²) in [7, 11) is -3.54. The Hall–Kier alpha value is -1.93. The molecule has 0 radical (unpaired) electrons. The number of halogens is 1. The van der Waals surface area contributed by atoms with Gasteiger partial charge in [-0.25, -0.2) is 8.42 Å². The van der Waals surface area contributed by atoms with Gasteiger partial charge in [0, 0.05) is 26.2 Å². The zero-order chi connectivity index (χ0) is 21.2. The van der Waals surface area contributed by atoms with Crippen LogP contribution in [0.3, 0.4) is 0 Å². The quantitative estimate of drug-likeness (QED) is 0.782. The van der Waals surface area contributed by atoms with E-state index < -0.39 is 16.1 Å². The highest BCUT2D eigenvalue weighted by Crippen LogP contribution is 2.23. The Morgan fingerprint density at radius 1 is 1.03 bits per heavy atom. The third-order valence-electron chi connectivity index (χ3n) is 5.45. The number of aryl methyl sites for hydroxylation is 2. The molecule has 0 saturated carbocycles. The molecule has 1 atom stereocenters. The lowest BCUT2D eigenvalue weighted by molar-refractivity contribution is -0.121. The van der Waals surface area contributed by atoms with Crippen LogP contribution in [-0.2, 0) is 14.8 Å². The summed E-state index contributed by atoms with van der Waals surface area (Å²) in [6.45, 7) is 7.35. The predicted molar refractivity (Wildman–Crippen MR) is 116 cm³/mol. The number of piperazine rings is 1. The molecule has 8 heteroatoms. The summed E-state index contributed by atoms with van der Waals surface area (Å²) in [5.41, 5.74) is 2.59. The molecule has 156 valence electrons. The molecule has 3 rings (SSSR count). The highest BCUT2D eigenvalue weighted by Gasteiger charge is 2.32. The zero-order valence-corrected chi connectivity index (χ0v) is 18.4. The number of nitrogens with one attached hydrogen (secondary N) is 1. The minimum atomic E-state index is -3.54. The molecule has 1 fully saturated rings. The van der Waals surface area contributed by atoms with E-state index in [0.29, 0.717) is 41.8 Å². The van der Waals surface area contributed by atoms with Crippen molar-refractivity contribution in [3.8, 4) is 0 Å². The number of carbonyl (C=O) groups is 1. The topological polar surface area (TPSA) is 69.7 Å². The molecule has 2 aromatic carbocycles. The molecule has 0 aliphatic carbocycles. The van der Waals surface area contributed by atoms with Crippen molar-refractivity contribution in [2.24, 2.45) is 0 Å². The second-order valence-corrected chi connectivity index (χ2v) is 9.68. The maximum atomic E-state index is 13.0. The molecule has 2 aromatic rings. The van der Waals surface area contributed by atoms with Crippen LogP contribution in [-0.4, -0.2) is 55.8 Å². The number of para-hydroxylation sites is 1. The first kappa shape index (κ1) is 21.8. The lowest BCUT2D eigenvalue weighted by atomic mass is 10.1. The first-order chi connectivity index (χ1) is 13.7. The number of hydrogen-bond donors (Lipinski definition) is 1. The molecule has 1 saturated heterocycles. The van der Waals surface area contributed by atoms with Crippen molar-refractivity contribution < 1.29 is 13.2 Å². The number of amides is 1. The van der Waals surface area contributed by atoms with Gasteiger partial charge in [0.15, 0.2) is 0 Å². The molecular weight excluding hydrogens is 410 g/mol. The molecule has 29 heavy (non-hydrogen) atoms. The normalized spacial score (nSPS) is 17.1. The van der Waals surface area contributed by atoms with Gasteiger partial charge in [0.2, 0.25) is 15.9 Å². The number of sulfonamides is 1. The van der Waals surface area contributed by atoms with Crippen LogP contribution in [0.5, 0.6) is 0 Å². The van der Waals surface area contributed by atoms with Gasteiger partial charge >= 0.3 is 0 Å². The van der Waals surface area contributed by atoms with Crippen molar-refractivity contribution in [1.82, 2.24) is 9.21 Å². The Kier molecular flexibility index (Phi) is 6.63. The smallest absolute Gasteiger partial charge is 0.243 e. The van der Waals surface area contributed by atoms with E-state index in [1.165, 1.54) is 4.31 Å². The summed E-state index contributed by atoms with van der Waals surface area (Å²) >= 11 is 6.11. The molecule has 0 aromatic heterocycles. The van der Waals surface area contributed by atoms with Crippen molar-refractivity contribution in [2.45, 2.75) is 31.7 Å². The summed E-state index contributed by atoms with van der Waals surface area (Å²) in [6.07, 6.45) is 0. The van der Waals surface area contributed by atoms with E-state index in [1.54, 1.807) is 30.3 Å². The van der Waals surface area contributed by atoms with Crippen LogP contribution < -0.4 is 5.32 Å². The number of carbonyl (C=O) groups excluding carboxylic acids is 1. The largest absolute Gasteiger partial charge is 0.323 e. The number of nitrogens with zero attached hydrogens (tertiary/aromatic N) is 2. The summed E-state index contributed by atoms with van der Waals surface area (Å²) in [5, 5.41) is 3.33. The highest BCUT2D eigenvalue weighted by molar-refractivity contribution is 7.89. The summed E-state index contributed by atoms with van der Waals surface area (Å²) in [6, 6.07) is 11.9. The third-order valence-corrected chi connectivity index (χ3v) is 7.67. The fourth-order valence-corrected chi connectivity index (χ4v) is 5.01. The van der Waals surface area contributed by atoms with E-state index in [0.717, 1.165) is 11.1 Å². The zero-order valence-electron chi connectivity index (χ0n) is 16.9. The molecule has 6 nitrogen and oxygen atoms in total. The van der Waals surface area contributed by atoms with Crippen molar-refractivity contribution in [3.63, 3.8) is 0 Å². The standard InChI is InChI=1S/C21H26ClN3O3S/c1-15-8-9-18(14-16(15)2)29(27,28)25-12-10-24(11-13-25)17(3)21(26)23-20-7-5-4-6-19(20)22/h4-9,14,17H,10-13H2,1-3H3,(H,23,26). The monoisotopic (exact) mass is 435 g/mol. The van der Waals surface area contributed by atoms with Gasteiger partial charge in [-0.05, 0) is 56.2 Å². The summed E-state index contributed by atoms with van der Waals surface area (Å²) in [4.78, 5) is 14.9. The first-order valence-electron chi connectivity index (χ1n) is 9.57. The van der Waals surface area contributed by atoms with E-state index in [1.807, 2.05) is 37.8 Å². The lowest BCUT2D eigenvalue weighted by Gasteiger charge is -2.36. The molecule has 0 bridgehead atoms. The van der Waals surface area contributed by atoms with E-state index in [-0.39, 0.29) is 5.91 Å². The van der Waals surface area contributed by atoms with Crippen molar-refractivity contribution in [1.29, 1.82) is 0 Å². The Morgan fingerprint density at radius 3 is 2.31 bits per heavy atom. The molecule has 1 aliphatic heterocycles. The van der Waals surface area contributed by atoms with Crippen LogP contribution >= 0.6 is 11.6 Å². The van der Waals surface area contributed by atoms with Crippen LogP contribution in [0.15, 0.2) is 47.4 Å². The minimum absolute atomic E-state index is 0.163. The number of hydrogen-bond acceptors (Lipinski definition) is 4. The Balaban J connectivity index is 1.62. The Morgan fingerprint density at radius 2 is 1.69 bits per heavy atom. The molecule has 1 unspecified atom stereocenters. The SMILES string of the molecule is Cc1ccc(S(=O)(=O)N2CCN(C(C)C(=O)Nc3ccccc3Cl)CC2)cc1C. The fourth-order valence-electron chi connectivity index (χ4n) is 3.32. The molecule has 0 spiro atoms. The van der Waals surface area contributed by atoms with Gasteiger partial charge in [-0.15, -0.1) is 0 Å². The Bertz CT molecular complexity index is 1000. The average Bonchev–Trinajstić information content (AvgIpc) is 2.71. The van der Waals surface area contributed by atoms with Gasteiger partial charge in [0.05, 0.1) is 21.6 Å². The van der Waals surface area contributed by atoms with Gasteiger partial charge < -0.3 is 5.32 Å². The third kappa shape index (κ3) is 4.80. The van der Waals surface area contributed by atoms with Crippen LogP contribution in [0.4, 0.5) is 5.69 Å². The minimum Gasteiger partial charge on any atom is -0.323 e. The number of rotatable bonds is 5. The maximum Gasteiger partial charge on any atom is 0.243 e. The second-order valence-electron chi connectivity index (χ2n) is 7.33. The van der Waals surface area contributed by atoms with Crippen LogP contribution in [0.2, 0.25) is 5.02 Å². The highest BCUT2D eigenvalue weighted by atomic mass is 35.5. The van der Waals surface area contributed by atoms with Crippen LogP contribution in [0.25, 0.3) is 0 Å². The first-order valence-corrected chi connectivity index (χ1v) is 11.4. The number of anilines is 1. The molecule has 1 heterocycles. The van der Waals surface area contributed by atoms with E-state index >= 15 is 0 Å². The van der Waals surface area contributed by atoms with E-state index in [2.05, 4.69) is 5.32 Å². The van der Waals surface area contributed by atoms with Gasteiger partial charge in [-0.1, -0.05) is 29.8 Å². The number of benzene rings is 2. The van der Waals surface area contributed by atoms with Gasteiger partial charge in [-0.3, -0.25) is 9.69 Å². The van der Waals surface area contributed by atoms with Crippen molar-refractivity contribution in [3.05, 3.63) is 58.6 Å². The van der Waals surface area contributed by atoms with E-state index in [9.17, 15) is 13.2 Å². The molecule has 1 amide bonds. The van der Waals surface area contributed by atoms with Gasteiger partial charge in [-0.2, -0.15) is 4.31 Å². The predicted octanol–water partition coefficient (Wildman–Crippen LogP) is 3.29. The summed E-state index contributed by atoms with van der Waals surface area (Å²) < 4.78 is 27.4. The average molecular weight is 436 g/mol. The maximum absolute atomic E-state index is 13.0. The fraction of sp³-hybridized carbons (Fsp3) is 0.381. The van der Waals surface area contributed by atoms with Gasteiger partial charge in [0.25, 0.3) is 0 Å². The molecular formula is C21H26ClN3O3S. The van der Waals surface area contributed by atoms with Crippen molar-refractivity contribution >= 4 is 33.2 Å². The molecule has 1 aliphatic rings. The Labute approximate surface area is 177 Å². The van der Waals surface area contributed by atoms with Crippen LogP contribution in [0, 0.1) is 13.8 Å². The van der Waals surface area contributed by atoms with Crippen LogP contribution in [0.1, 0.15) is 18.1 Å². The summed E-state index contributed by atoms with van der Waals surface area (Å²) in [5.74, 6) is -0.163. The lowest BCUT2D eigenvalue weighted by Crippen LogP contribution is -2.53. The second kappa shape index (κ2) is 8.83.